The normalized spacial score (nSPS) is 20.5. The van der Waals surface area contributed by atoms with Crippen LogP contribution in [0.5, 0.6) is 0 Å². The second kappa shape index (κ2) is 24.7. The summed E-state index contributed by atoms with van der Waals surface area (Å²) < 4.78 is 103. The summed E-state index contributed by atoms with van der Waals surface area (Å²) in [7, 11) is 1.30. The molecule has 2 aliphatic heterocycles. The predicted octanol–water partition coefficient (Wildman–Crippen LogP) is 8.74. The third-order valence-electron chi connectivity index (χ3n) is 16.4. The molecule has 4 N–H and O–H groups in total. The van der Waals surface area contributed by atoms with Crippen molar-refractivity contribution in [3.63, 3.8) is 0 Å². The Labute approximate surface area is 469 Å². The van der Waals surface area contributed by atoms with Gasteiger partial charge in [-0.15, -0.1) is 0 Å². The van der Waals surface area contributed by atoms with Gasteiger partial charge in [-0.2, -0.15) is 33.6 Å². The number of aryl methyl sites for hydroxylation is 2. The van der Waals surface area contributed by atoms with Gasteiger partial charge in [0, 0.05) is 102 Å². The van der Waals surface area contributed by atoms with E-state index in [0.29, 0.717) is 73.1 Å². The molecule has 19 nitrogen and oxygen atoms in total. The summed E-state index contributed by atoms with van der Waals surface area (Å²) in [5.41, 5.74) is 4.90. The first-order chi connectivity index (χ1) is 39.0. The van der Waals surface area contributed by atoms with E-state index in [0.717, 1.165) is 35.4 Å². The first-order valence-electron chi connectivity index (χ1n) is 28.5. The van der Waals surface area contributed by atoms with Crippen molar-refractivity contribution in [2.75, 3.05) is 31.6 Å². The lowest BCUT2D eigenvalue weighted by Gasteiger charge is -2.33. The summed E-state index contributed by atoms with van der Waals surface area (Å²) in [6.45, 7) is 8.92. The third-order valence-corrected chi connectivity index (χ3v) is 16.4. The van der Waals surface area contributed by atoms with Crippen LogP contribution in [0.3, 0.4) is 0 Å². The third kappa shape index (κ3) is 14.0. The van der Waals surface area contributed by atoms with Crippen molar-refractivity contribution in [3.8, 4) is 0 Å². The molecule has 0 aromatic carbocycles. The SMILES string of the molecule is CCn1nccc1C(=O)NC(c1cn2nc(CC3CCCNC3=O)c(C(C)C)cc2n1)C1CCC(F)(F)CC1.CCn1nccc1C(=O)NC(c1cn2nc(CC3CCCNC3=O)c(N(C)CC(F)(F)F)cc2n1)C1CCC(F)(F)CC1. The zero-order valence-electron chi connectivity index (χ0n) is 46.8. The van der Waals surface area contributed by atoms with Crippen molar-refractivity contribution >= 4 is 40.6 Å². The lowest BCUT2D eigenvalue weighted by Crippen LogP contribution is -2.38. The van der Waals surface area contributed by atoms with Crippen LogP contribution in [0, 0.1) is 23.7 Å². The number of nitrogens with one attached hydrogen (secondary N) is 4. The Kier molecular flexibility index (Phi) is 17.9. The van der Waals surface area contributed by atoms with Gasteiger partial charge in [0.05, 0.1) is 52.9 Å². The number of anilines is 1. The molecule has 2 saturated carbocycles. The van der Waals surface area contributed by atoms with Crippen LogP contribution in [-0.4, -0.2) is 117 Å². The monoisotopic (exact) mass is 1150 g/mol. The Morgan fingerprint density at radius 1 is 0.695 bits per heavy atom. The molecular weight excluding hydrogens is 1080 g/mol. The summed E-state index contributed by atoms with van der Waals surface area (Å²) in [4.78, 5) is 62.0. The Balaban J connectivity index is 0.000000198. The number of carbonyl (C=O) groups is 4. The van der Waals surface area contributed by atoms with Crippen molar-refractivity contribution < 1.29 is 49.9 Å². The van der Waals surface area contributed by atoms with Crippen LogP contribution in [0.15, 0.2) is 49.1 Å². The van der Waals surface area contributed by atoms with Crippen LogP contribution in [0.2, 0.25) is 0 Å². The first kappa shape index (κ1) is 59.5. The molecule has 4 unspecified atom stereocenters. The van der Waals surface area contributed by atoms with Crippen LogP contribution in [0.4, 0.5) is 36.4 Å². The second-order valence-corrected chi connectivity index (χ2v) is 22.6. The number of amides is 4. The fraction of sp³-hybridized carbons (Fsp3) is 0.607. The second-order valence-electron chi connectivity index (χ2n) is 22.6. The van der Waals surface area contributed by atoms with E-state index in [-0.39, 0.29) is 111 Å². The average molecular weight is 1150 g/mol. The number of aromatic nitrogens is 10. The van der Waals surface area contributed by atoms with E-state index in [1.165, 1.54) is 28.5 Å². The Morgan fingerprint density at radius 3 is 1.56 bits per heavy atom. The van der Waals surface area contributed by atoms with Gasteiger partial charge in [0.1, 0.15) is 17.9 Å². The fourth-order valence-electron chi connectivity index (χ4n) is 11.9. The van der Waals surface area contributed by atoms with E-state index in [1.54, 1.807) is 39.9 Å². The minimum absolute atomic E-state index is 0.0624. The molecular formula is C56H72F7N15O4. The maximum atomic E-state index is 14.1. The van der Waals surface area contributed by atoms with Gasteiger partial charge in [-0.1, -0.05) is 13.8 Å². The van der Waals surface area contributed by atoms with Crippen LogP contribution < -0.4 is 26.2 Å². The quantitative estimate of drug-likeness (QED) is 0.0634. The number of hydrogen-bond acceptors (Lipinski definition) is 11. The smallest absolute Gasteiger partial charge is 0.364 e. The van der Waals surface area contributed by atoms with Gasteiger partial charge in [0.2, 0.25) is 23.7 Å². The number of imidazole rings is 2. The molecule has 4 amide bonds. The molecule has 4 atom stereocenters. The highest BCUT2D eigenvalue weighted by Crippen LogP contribution is 2.43. The highest BCUT2D eigenvalue weighted by molar-refractivity contribution is 5.93. The van der Waals surface area contributed by atoms with E-state index in [4.69, 9.17) is 10.1 Å². The molecule has 4 fully saturated rings. The molecule has 2 aliphatic carbocycles. The van der Waals surface area contributed by atoms with E-state index in [2.05, 4.69) is 55.4 Å². The van der Waals surface area contributed by atoms with Crippen LogP contribution in [-0.2, 0) is 35.5 Å². The summed E-state index contributed by atoms with van der Waals surface area (Å²) in [5.74, 6) is -7.27. The number of hydrogen-bond donors (Lipinski definition) is 4. The Bertz CT molecular complexity index is 3220. The van der Waals surface area contributed by atoms with Gasteiger partial charge in [-0.05, 0) is 107 Å². The Morgan fingerprint density at radius 2 is 1.13 bits per heavy atom. The summed E-state index contributed by atoms with van der Waals surface area (Å²) >= 11 is 0. The highest BCUT2D eigenvalue weighted by atomic mass is 19.4. The minimum atomic E-state index is -4.48. The summed E-state index contributed by atoms with van der Waals surface area (Å²) in [6, 6.07) is 5.39. The van der Waals surface area contributed by atoms with Crippen LogP contribution >= 0.6 is 0 Å². The zero-order chi connectivity index (χ0) is 58.7. The number of fused-ring (bicyclic) bond motifs is 2. The molecule has 0 radical (unpaired) electrons. The standard InChI is InChI=1S/C28H35F5N8O2.C28H37F2N7O2/c1-3-40-21(8-12-35-40)26(43)37-24(17-6-9-27(29,30)10-7-17)20-15-41-23(36-20)14-22(39(2)16-28(31,32)33)19(38-41)13-18-5-4-11-34-25(18)42;1-4-36-23(9-13-32-36)27(39)34-25(18-7-10-28(29,30)11-8-18)22-16-37-24(33-22)15-20(17(2)3)21(35-37)14-19-6-5-12-31-26(19)38/h8,12,14-15,17-18,24H,3-7,9-11,13,16H2,1-2H3,(H,34,42)(H,37,43);9,13,15-19,25H,4-8,10-12,14H2,1-3H3,(H,31,38)(H,34,39). The zero-order valence-corrected chi connectivity index (χ0v) is 46.8. The molecule has 6 aromatic rings. The number of rotatable bonds is 17. The molecule has 82 heavy (non-hydrogen) atoms. The molecule has 6 aromatic heterocycles. The van der Waals surface area contributed by atoms with E-state index < -0.39 is 48.5 Å². The molecule has 444 valence electrons. The lowest BCUT2D eigenvalue weighted by atomic mass is 9.81. The van der Waals surface area contributed by atoms with Gasteiger partial charge >= 0.3 is 6.18 Å². The molecule has 4 aliphatic rings. The summed E-state index contributed by atoms with van der Waals surface area (Å²) in [5, 5.41) is 29.6. The van der Waals surface area contributed by atoms with Gasteiger partial charge in [-0.3, -0.25) is 28.5 Å². The number of halogens is 7. The van der Waals surface area contributed by atoms with Crippen molar-refractivity contribution in [2.45, 2.75) is 167 Å². The van der Waals surface area contributed by atoms with Gasteiger partial charge < -0.3 is 26.2 Å². The average Bonchev–Trinajstić information content (AvgIpc) is 4.32. The van der Waals surface area contributed by atoms with Gasteiger partial charge in [0.15, 0.2) is 11.3 Å². The van der Waals surface area contributed by atoms with Crippen molar-refractivity contribution in [1.29, 1.82) is 0 Å². The van der Waals surface area contributed by atoms with Crippen molar-refractivity contribution in [2.24, 2.45) is 23.7 Å². The van der Waals surface area contributed by atoms with Crippen LogP contribution in [0.25, 0.3) is 11.3 Å². The summed E-state index contributed by atoms with van der Waals surface area (Å²) in [6.07, 6.45) is 5.50. The molecule has 0 spiro atoms. The lowest BCUT2D eigenvalue weighted by molar-refractivity contribution is -0.127. The molecule has 26 heteroatoms. The molecule has 0 bridgehead atoms. The molecule has 10 rings (SSSR count). The molecule has 8 heterocycles. The van der Waals surface area contributed by atoms with Crippen LogP contribution in [0.1, 0.15) is 172 Å². The van der Waals surface area contributed by atoms with Gasteiger partial charge in [0.25, 0.3) is 11.8 Å². The maximum absolute atomic E-state index is 14.1. The Hall–Kier alpha value is -7.15. The van der Waals surface area contributed by atoms with Crippen molar-refractivity contribution in [1.82, 2.24) is 70.0 Å². The molecule has 2 saturated heterocycles. The largest absolute Gasteiger partial charge is 0.405 e. The topological polar surface area (TPSA) is 216 Å². The minimum Gasteiger partial charge on any atom is -0.364 e. The number of piperidine rings is 2. The van der Waals surface area contributed by atoms with E-state index in [1.807, 2.05) is 19.9 Å². The van der Waals surface area contributed by atoms with E-state index >= 15 is 0 Å². The highest BCUT2D eigenvalue weighted by Gasteiger charge is 2.42. The van der Waals surface area contributed by atoms with Gasteiger partial charge in [-0.25, -0.2) is 36.6 Å². The number of nitrogens with zero attached hydrogens (tertiary/aromatic N) is 11. The first-order valence-corrected chi connectivity index (χ1v) is 28.5. The number of carbonyl (C=O) groups excluding carboxylic acids is 4. The predicted molar refractivity (Wildman–Crippen MR) is 288 cm³/mol. The maximum Gasteiger partial charge on any atom is 0.405 e. The van der Waals surface area contributed by atoms with E-state index in [9.17, 15) is 49.9 Å². The van der Waals surface area contributed by atoms with Crippen molar-refractivity contribution in [3.05, 3.63) is 88.8 Å². The number of alkyl halides is 7. The fourth-order valence-corrected chi connectivity index (χ4v) is 11.9.